The molecule has 0 spiro atoms. The Morgan fingerprint density at radius 3 is 2.64 bits per heavy atom. The second kappa shape index (κ2) is 11.0. The van der Waals surface area contributed by atoms with E-state index in [1.165, 1.54) is 23.3 Å². The van der Waals surface area contributed by atoms with Gasteiger partial charge in [-0.2, -0.15) is 0 Å². The van der Waals surface area contributed by atoms with Crippen molar-refractivity contribution < 1.29 is 23.8 Å². The van der Waals surface area contributed by atoms with Crippen LogP contribution in [0.2, 0.25) is 0 Å². The van der Waals surface area contributed by atoms with E-state index in [-0.39, 0.29) is 17.9 Å². The van der Waals surface area contributed by atoms with Crippen molar-refractivity contribution in [3.05, 3.63) is 77.4 Å². The number of carboxylic acids is 1. The lowest BCUT2D eigenvalue weighted by atomic mass is 9.97. The lowest BCUT2D eigenvalue weighted by Gasteiger charge is -2.15. The van der Waals surface area contributed by atoms with Gasteiger partial charge < -0.3 is 19.9 Å². The minimum absolute atomic E-state index is 0.0141. The molecular formula is C28H28FN3O4. The highest BCUT2D eigenvalue weighted by Crippen LogP contribution is 2.32. The number of fused-ring (bicyclic) bond motifs is 1. The molecule has 0 aliphatic carbocycles. The topological polar surface area (TPSA) is 93.6 Å². The number of nitrogens with zero attached hydrogens (tertiary/aromatic N) is 2. The summed E-state index contributed by atoms with van der Waals surface area (Å²) in [5, 5.41) is 14.8. The molecule has 8 heteroatoms. The van der Waals surface area contributed by atoms with Crippen LogP contribution in [-0.4, -0.2) is 41.3 Å². The van der Waals surface area contributed by atoms with Crippen LogP contribution in [0.5, 0.6) is 11.5 Å². The van der Waals surface area contributed by atoms with Gasteiger partial charge in [-0.25, -0.2) is 14.4 Å². The van der Waals surface area contributed by atoms with Gasteiger partial charge in [0.15, 0.2) is 0 Å². The fourth-order valence-corrected chi connectivity index (χ4v) is 4.33. The molecule has 0 saturated heterocycles. The van der Waals surface area contributed by atoms with Crippen molar-refractivity contribution in [2.75, 3.05) is 25.6 Å². The number of rotatable bonds is 10. The summed E-state index contributed by atoms with van der Waals surface area (Å²) in [6.07, 6.45) is 1.66. The van der Waals surface area contributed by atoms with Crippen LogP contribution in [0.15, 0.2) is 54.9 Å². The second-order valence-corrected chi connectivity index (χ2v) is 8.31. The van der Waals surface area contributed by atoms with E-state index >= 15 is 0 Å². The molecule has 0 radical (unpaired) electrons. The number of methoxy groups -OCH3 is 1. The Labute approximate surface area is 208 Å². The molecule has 4 rings (SSSR count). The van der Waals surface area contributed by atoms with Gasteiger partial charge >= 0.3 is 5.97 Å². The SMILES string of the molecule is CCOc1cc(-c2cc(NCCc3c(OC)cc4ccccc4c3C)ncn2)cc(F)c1CC(=O)O. The number of carbonyl (C=O) groups is 1. The molecule has 0 aliphatic rings. The van der Waals surface area contributed by atoms with Crippen molar-refractivity contribution in [2.45, 2.75) is 26.7 Å². The molecule has 1 aromatic heterocycles. The normalized spacial score (nSPS) is 10.9. The molecule has 36 heavy (non-hydrogen) atoms. The van der Waals surface area contributed by atoms with Gasteiger partial charge in [-0.3, -0.25) is 4.79 Å². The van der Waals surface area contributed by atoms with E-state index in [2.05, 4.69) is 40.4 Å². The first-order valence-electron chi connectivity index (χ1n) is 11.7. The minimum atomic E-state index is -1.13. The highest BCUT2D eigenvalue weighted by Gasteiger charge is 2.17. The summed E-state index contributed by atoms with van der Waals surface area (Å²) in [5.41, 5.74) is 3.28. The number of anilines is 1. The fraction of sp³-hybridized carbons (Fsp3) is 0.250. The number of halogens is 1. The molecule has 186 valence electrons. The maximum Gasteiger partial charge on any atom is 0.308 e. The Morgan fingerprint density at radius 1 is 1.08 bits per heavy atom. The van der Waals surface area contributed by atoms with E-state index in [1.54, 1.807) is 26.2 Å². The second-order valence-electron chi connectivity index (χ2n) is 8.31. The van der Waals surface area contributed by atoms with Crippen LogP contribution >= 0.6 is 0 Å². The van der Waals surface area contributed by atoms with E-state index in [0.717, 1.165) is 16.7 Å². The number of aromatic nitrogens is 2. The van der Waals surface area contributed by atoms with Gasteiger partial charge in [0.05, 0.1) is 25.8 Å². The zero-order chi connectivity index (χ0) is 25.7. The van der Waals surface area contributed by atoms with Crippen molar-refractivity contribution in [1.29, 1.82) is 0 Å². The number of nitrogens with one attached hydrogen (secondary N) is 1. The maximum absolute atomic E-state index is 14.8. The summed E-state index contributed by atoms with van der Waals surface area (Å²) in [6, 6.07) is 14.9. The summed E-state index contributed by atoms with van der Waals surface area (Å²) in [5.74, 6) is -0.149. The van der Waals surface area contributed by atoms with Gasteiger partial charge in [0.2, 0.25) is 0 Å². The third-order valence-corrected chi connectivity index (χ3v) is 6.05. The molecule has 3 aromatic carbocycles. The molecule has 0 amide bonds. The third-order valence-electron chi connectivity index (χ3n) is 6.05. The lowest BCUT2D eigenvalue weighted by molar-refractivity contribution is -0.136. The average molecular weight is 490 g/mol. The standard InChI is InChI=1S/C28H28FN3O4/c1-4-36-26-13-19(11-23(29)22(26)14-28(33)34)24-15-27(32-16-31-24)30-10-9-21-17(2)20-8-6-5-7-18(20)12-25(21)35-3/h5-8,11-13,15-16H,4,9-10,14H2,1-3H3,(H,33,34)(H,30,31,32). The smallest absolute Gasteiger partial charge is 0.308 e. The number of aliphatic carboxylic acids is 1. The summed E-state index contributed by atoms with van der Waals surface area (Å²) in [4.78, 5) is 19.7. The molecule has 2 N–H and O–H groups in total. The molecule has 7 nitrogen and oxygen atoms in total. The van der Waals surface area contributed by atoms with E-state index in [1.807, 2.05) is 12.1 Å². The summed E-state index contributed by atoms with van der Waals surface area (Å²) < 4.78 is 25.9. The molecule has 0 saturated carbocycles. The number of benzene rings is 3. The lowest BCUT2D eigenvalue weighted by Crippen LogP contribution is -2.09. The van der Waals surface area contributed by atoms with Gasteiger partial charge in [0.25, 0.3) is 0 Å². The predicted molar refractivity (Wildman–Crippen MR) is 137 cm³/mol. The summed E-state index contributed by atoms with van der Waals surface area (Å²) in [6.45, 7) is 4.74. The van der Waals surface area contributed by atoms with Gasteiger partial charge in [0, 0.05) is 23.7 Å². The molecule has 0 unspecified atom stereocenters. The molecule has 4 aromatic rings. The van der Waals surface area contributed by atoms with Crippen LogP contribution < -0.4 is 14.8 Å². The van der Waals surface area contributed by atoms with Crippen LogP contribution in [0.25, 0.3) is 22.0 Å². The van der Waals surface area contributed by atoms with Crippen LogP contribution in [0.1, 0.15) is 23.6 Å². The van der Waals surface area contributed by atoms with Gasteiger partial charge in [0.1, 0.15) is 29.5 Å². The highest BCUT2D eigenvalue weighted by atomic mass is 19.1. The largest absolute Gasteiger partial charge is 0.496 e. The zero-order valence-corrected chi connectivity index (χ0v) is 20.5. The van der Waals surface area contributed by atoms with E-state index in [4.69, 9.17) is 14.6 Å². The number of ether oxygens (including phenoxy) is 2. The summed E-state index contributed by atoms with van der Waals surface area (Å²) >= 11 is 0. The average Bonchev–Trinajstić information content (AvgIpc) is 2.87. The zero-order valence-electron chi connectivity index (χ0n) is 20.5. The monoisotopic (exact) mass is 489 g/mol. The van der Waals surface area contributed by atoms with Crippen LogP contribution in [-0.2, 0) is 17.6 Å². The number of aryl methyl sites for hydroxylation is 1. The highest BCUT2D eigenvalue weighted by molar-refractivity contribution is 5.88. The number of carboxylic acid groups (broad SMARTS) is 1. The van der Waals surface area contributed by atoms with Gasteiger partial charge in [-0.05, 0) is 60.4 Å². The maximum atomic E-state index is 14.8. The molecule has 1 heterocycles. The number of hydrogen-bond acceptors (Lipinski definition) is 6. The first-order chi connectivity index (χ1) is 17.4. The van der Waals surface area contributed by atoms with E-state index in [9.17, 15) is 9.18 Å². The quantitative estimate of drug-likeness (QED) is 0.307. The van der Waals surface area contributed by atoms with Gasteiger partial charge in [-0.15, -0.1) is 0 Å². The summed E-state index contributed by atoms with van der Waals surface area (Å²) in [7, 11) is 1.68. The molecule has 0 fully saturated rings. The fourth-order valence-electron chi connectivity index (χ4n) is 4.33. The molecule has 0 aliphatic heterocycles. The van der Waals surface area contributed by atoms with E-state index in [0.29, 0.717) is 30.0 Å². The van der Waals surface area contributed by atoms with Crippen molar-refractivity contribution >= 4 is 22.6 Å². The van der Waals surface area contributed by atoms with Crippen molar-refractivity contribution in [3.8, 4) is 22.8 Å². The Morgan fingerprint density at radius 2 is 1.89 bits per heavy atom. The van der Waals surface area contributed by atoms with Crippen LogP contribution in [0.3, 0.4) is 0 Å². The Balaban J connectivity index is 1.55. The van der Waals surface area contributed by atoms with Gasteiger partial charge in [-0.1, -0.05) is 24.3 Å². The Kier molecular flexibility index (Phi) is 7.63. The predicted octanol–water partition coefficient (Wildman–Crippen LogP) is 5.43. The molecular weight excluding hydrogens is 461 g/mol. The minimum Gasteiger partial charge on any atom is -0.496 e. The van der Waals surface area contributed by atoms with Crippen molar-refractivity contribution in [1.82, 2.24) is 9.97 Å². The van der Waals surface area contributed by atoms with Crippen LogP contribution in [0, 0.1) is 12.7 Å². The Hall–Kier alpha value is -4.20. The molecule has 0 bridgehead atoms. The number of hydrogen-bond donors (Lipinski definition) is 2. The first kappa shape index (κ1) is 24.9. The van der Waals surface area contributed by atoms with Crippen molar-refractivity contribution in [3.63, 3.8) is 0 Å². The van der Waals surface area contributed by atoms with E-state index < -0.39 is 18.2 Å². The van der Waals surface area contributed by atoms with Crippen LogP contribution in [0.4, 0.5) is 10.2 Å². The third kappa shape index (κ3) is 5.38. The Bertz CT molecular complexity index is 1410. The van der Waals surface area contributed by atoms with Crippen molar-refractivity contribution in [2.24, 2.45) is 0 Å². The first-order valence-corrected chi connectivity index (χ1v) is 11.7. The molecule has 0 atom stereocenters.